The van der Waals surface area contributed by atoms with Crippen molar-refractivity contribution in [1.29, 1.82) is 0 Å². The molecule has 0 bridgehead atoms. The number of ether oxygens (including phenoxy) is 1. The molecule has 0 saturated carbocycles. The summed E-state index contributed by atoms with van der Waals surface area (Å²) in [6, 6.07) is 3.67. The Balaban J connectivity index is 0.00000191. The molecule has 1 unspecified atom stereocenters. The zero-order valence-corrected chi connectivity index (χ0v) is 14.6. The SMILES string of the molecule is CC.CCCC(=O)OCC(C)O/N=C/c1ccc(Br)cn1. The molecule has 0 aliphatic carbocycles. The number of nitrogens with zero attached hydrogens (tertiary/aromatic N) is 2. The van der Waals surface area contributed by atoms with Gasteiger partial charge in [0, 0.05) is 17.1 Å². The van der Waals surface area contributed by atoms with E-state index in [9.17, 15) is 4.79 Å². The average molecular weight is 359 g/mol. The van der Waals surface area contributed by atoms with Gasteiger partial charge in [-0.15, -0.1) is 0 Å². The fourth-order valence-electron chi connectivity index (χ4n) is 1.17. The molecule has 0 fully saturated rings. The predicted molar refractivity (Wildman–Crippen MR) is 87.3 cm³/mol. The second-order valence-electron chi connectivity index (χ2n) is 3.98. The van der Waals surface area contributed by atoms with Crippen LogP contribution in [0.3, 0.4) is 0 Å². The molecule has 0 spiro atoms. The Kier molecular flexibility index (Phi) is 11.5. The summed E-state index contributed by atoms with van der Waals surface area (Å²) in [4.78, 5) is 20.4. The molecule has 0 amide bonds. The van der Waals surface area contributed by atoms with E-state index >= 15 is 0 Å². The van der Waals surface area contributed by atoms with Crippen LogP contribution in [0.2, 0.25) is 0 Å². The number of halogens is 1. The Morgan fingerprint density at radius 2 is 2.19 bits per heavy atom. The molecule has 0 aliphatic heterocycles. The van der Waals surface area contributed by atoms with Crippen LogP contribution in [0.1, 0.15) is 46.2 Å². The molecular weight excluding hydrogens is 336 g/mol. The zero-order valence-electron chi connectivity index (χ0n) is 13.0. The first-order valence-electron chi connectivity index (χ1n) is 7.08. The van der Waals surface area contributed by atoms with E-state index in [0.717, 1.165) is 10.9 Å². The Labute approximate surface area is 134 Å². The van der Waals surface area contributed by atoms with Crippen molar-refractivity contribution < 1.29 is 14.4 Å². The molecule has 1 aromatic heterocycles. The fourth-order valence-corrected chi connectivity index (χ4v) is 1.40. The van der Waals surface area contributed by atoms with Gasteiger partial charge < -0.3 is 9.57 Å². The summed E-state index contributed by atoms with van der Waals surface area (Å²) < 4.78 is 5.91. The number of pyridine rings is 1. The van der Waals surface area contributed by atoms with E-state index in [1.807, 2.05) is 32.9 Å². The quantitative estimate of drug-likeness (QED) is 0.420. The lowest BCUT2D eigenvalue weighted by Crippen LogP contribution is -2.17. The van der Waals surface area contributed by atoms with E-state index in [1.54, 1.807) is 13.1 Å². The monoisotopic (exact) mass is 358 g/mol. The van der Waals surface area contributed by atoms with E-state index in [1.165, 1.54) is 6.21 Å². The summed E-state index contributed by atoms with van der Waals surface area (Å²) >= 11 is 3.30. The molecule has 0 N–H and O–H groups in total. The molecule has 5 nitrogen and oxygen atoms in total. The van der Waals surface area contributed by atoms with Gasteiger partial charge in [-0.3, -0.25) is 9.78 Å². The standard InChI is InChI=1S/C13H17BrN2O3.C2H6/c1-3-4-13(17)18-9-10(2)19-16-8-12-6-5-11(14)7-15-12;1-2/h5-8,10H,3-4,9H2,1-2H3;1-2H3/b16-8+;. The topological polar surface area (TPSA) is 60.8 Å². The van der Waals surface area contributed by atoms with Crippen molar-refractivity contribution in [2.75, 3.05) is 6.61 Å². The minimum atomic E-state index is -0.285. The lowest BCUT2D eigenvalue weighted by Gasteiger charge is -2.09. The van der Waals surface area contributed by atoms with Gasteiger partial charge in [-0.05, 0) is 41.4 Å². The number of hydrogen-bond acceptors (Lipinski definition) is 5. The Morgan fingerprint density at radius 3 is 2.76 bits per heavy atom. The summed E-state index contributed by atoms with van der Waals surface area (Å²) in [5, 5.41) is 3.80. The number of oxime groups is 1. The van der Waals surface area contributed by atoms with Crippen molar-refractivity contribution in [1.82, 2.24) is 4.98 Å². The van der Waals surface area contributed by atoms with E-state index in [4.69, 9.17) is 9.57 Å². The fraction of sp³-hybridized carbons (Fsp3) is 0.533. The highest BCUT2D eigenvalue weighted by molar-refractivity contribution is 9.10. The Bertz CT molecular complexity index is 421. The van der Waals surface area contributed by atoms with Gasteiger partial charge in [-0.25, -0.2) is 0 Å². The third kappa shape index (κ3) is 10.0. The van der Waals surface area contributed by atoms with Crippen LogP contribution in [0.4, 0.5) is 0 Å². The number of esters is 1. The minimum absolute atomic E-state index is 0.198. The predicted octanol–water partition coefficient (Wildman–Crippen LogP) is 3.95. The van der Waals surface area contributed by atoms with Crippen LogP contribution in [-0.2, 0) is 14.4 Å². The molecule has 0 saturated heterocycles. The van der Waals surface area contributed by atoms with Gasteiger partial charge in [0.15, 0.2) is 6.10 Å². The van der Waals surface area contributed by atoms with E-state index in [2.05, 4.69) is 26.1 Å². The van der Waals surface area contributed by atoms with Crippen molar-refractivity contribution in [3.63, 3.8) is 0 Å². The van der Waals surface area contributed by atoms with Crippen molar-refractivity contribution >= 4 is 28.1 Å². The van der Waals surface area contributed by atoms with Crippen LogP contribution in [0.15, 0.2) is 28.0 Å². The first-order valence-corrected chi connectivity index (χ1v) is 7.87. The molecule has 0 aliphatic rings. The van der Waals surface area contributed by atoms with Gasteiger partial charge in [-0.2, -0.15) is 0 Å². The van der Waals surface area contributed by atoms with Crippen LogP contribution in [0.25, 0.3) is 0 Å². The lowest BCUT2D eigenvalue weighted by atomic mass is 10.3. The normalized spacial score (nSPS) is 11.5. The van der Waals surface area contributed by atoms with Gasteiger partial charge in [0.2, 0.25) is 0 Å². The maximum Gasteiger partial charge on any atom is 0.305 e. The van der Waals surface area contributed by atoms with Crippen LogP contribution in [0, 0.1) is 0 Å². The number of carbonyl (C=O) groups is 1. The molecule has 0 aromatic carbocycles. The molecule has 118 valence electrons. The van der Waals surface area contributed by atoms with E-state index in [0.29, 0.717) is 12.1 Å². The van der Waals surface area contributed by atoms with Gasteiger partial charge in [0.05, 0.1) is 11.9 Å². The first-order chi connectivity index (χ1) is 10.1. The van der Waals surface area contributed by atoms with Gasteiger partial charge in [0.25, 0.3) is 0 Å². The molecule has 0 radical (unpaired) electrons. The highest BCUT2D eigenvalue weighted by Gasteiger charge is 2.06. The number of carbonyl (C=O) groups excluding carboxylic acids is 1. The number of rotatable bonds is 7. The zero-order chi connectivity index (χ0) is 16.1. The smallest absolute Gasteiger partial charge is 0.305 e. The lowest BCUT2D eigenvalue weighted by molar-refractivity contribution is -0.147. The summed E-state index contributed by atoms with van der Waals surface area (Å²) in [5.41, 5.74) is 0.693. The maximum absolute atomic E-state index is 11.1. The molecule has 1 atom stereocenters. The molecule has 6 heteroatoms. The number of hydrogen-bond donors (Lipinski definition) is 0. The van der Waals surface area contributed by atoms with Crippen molar-refractivity contribution in [3.05, 3.63) is 28.5 Å². The minimum Gasteiger partial charge on any atom is -0.462 e. The van der Waals surface area contributed by atoms with Crippen LogP contribution in [-0.4, -0.2) is 29.9 Å². The van der Waals surface area contributed by atoms with Gasteiger partial charge >= 0.3 is 5.97 Å². The highest BCUT2D eigenvalue weighted by Crippen LogP contribution is 2.06. The summed E-state index contributed by atoms with van der Waals surface area (Å²) in [7, 11) is 0. The highest BCUT2D eigenvalue weighted by atomic mass is 79.9. The summed E-state index contributed by atoms with van der Waals surface area (Å²) in [5.74, 6) is -0.212. The third-order valence-corrected chi connectivity index (χ3v) is 2.58. The van der Waals surface area contributed by atoms with E-state index < -0.39 is 0 Å². The van der Waals surface area contributed by atoms with Crippen LogP contribution in [0.5, 0.6) is 0 Å². The maximum atomic E-state index is 11.1. The Hall–Kier alpha value is -1.43. The average Bonchev–Trinajstić information content (AvgIpc) is 2.50. The second-order valence-corrected chi connectivity index (χ2v) is 4.90. The van der Waals surface area contributed by atoms with Crippen molar-refractivity contribution in [2.45, 2.75) is 46.6 Å². The number of aromatic nitrogens is 1. The summed E-state index contributed by atoms with van der Waals surface area (Å²) in [6.07, 6.45) is 4.11. The molecular formula is C15H23BrN2O3. The largest absolute Gasteiger partial charge is 0.462 e. The first kappa shape index (κ1) is 19.6. The van der Waals surface area contributed by atoms with Crippen LogP contribution < -0.4 is 0 Å². The molecule has 1 aromatic rings. The van der Waals surface area contributed by atoms with Crippen LogP contribution >= 0.6 is 15.9 Å². The van der Waals surface area contributed by atoms with Gasteiger partial charge in [-0.1, -0.05) is 25.9 Å². The molecule has 1 heterocycles. The Morgan fingerprint density at radius 1 is 1.48 bits per heavy atom. The second kappa shape index (κ2) is 12.3. The van der Waals surface area contributed by atoms with Gasteiger partial charge in [0.1, 0.15) is 6.61 Å². The molecule has 1 rings (SSSR count). The van der Waals surface area contributed by atoms with Crippen molar-refractivity contribution in [3.8, 4) is 0 Å². The third-order valence-electron chi connectivity index (χ3n) is 2.11. The van der Waals surface area contributed by atoms with Crippen molar-refractivity contribution in [2.24, 2.45) is 5.16 Å². The van der Waals surface area contributed by atoms with E-state index in [-0.39, 0.29) is 18.7 Å². The summed E-state index contributed by atoms with van der Waals surface area (Å²) in [6.45, 7) is 7.91. The molecule has 21 heavy (non-hydrogen) atoms.